The number of halogens is 1. The lowest BCUT2D eigenvalue weighted by molar-refractivity contribution is -0.385. The van der Waals surface area contributed by atoms with Crippen LogP contribution in [0.1, 0.15) is 29.9 Å². The van der Waals surface area contributed by atoms with E-state index in [4.69, 9.17) is 4.42 Å². The minimum Gasteiger partial charge on any atom is -0.452 e. The van der Waals surface area contributed by atoms with Crippen LogP contribution in [0.3, 0.4) is 0 Å². The van der Waals surface area contributed by atoms with Gasteiger partial charge in [-0.15, -0.1) is 0 Å². The Morgan fingerprint density at radius 1 is 1.30 bits per heavy atom. The van der Waals surface area contributed by atoms with Gasteiger partial charge in [0.1, 0.15) is 5.76 Å². The van der Waals surface area contributed by atoms with Crippen molar-refractivity contribution in [1.82, 2.24) is 0 Å². The van der Waals surface area contributed by atoms with Crippen molar-refractivity contribution >= 4 is 27.3 Å². The number of nitro benzene ring substituents is 1. The minimum absolute atomic E-state index is 0.0812. The van der Waals surface area contributed by atoms with Gasteiger partial charge in [0.2, 0.25) is 0 Å². The van der Waals surface area contributed by atoms with Crippen molar-refractivity contribution in [2.24, 2.45) is 0 Å². The standard InChI is InChI=1S/C14H15BrN2O3/c1-8-6-9(2)12(17(18)19)7-11(8)16-10(3)13-4-5-14(15)20-13/h4-7,10,16H,1-3H3. The molecule has 0 fully saturated rings. The molecular weight excluding hydrogens is 324 g/mol. The summed E-state index contributed by atoms with van der Waals surface area (Å²) >= 11 is 3.26. The zero-order chi connectivity index (χ0) is 14.9. The second-order valence-corrected chi connectivity index (χ2v) is 5.50. The van der Waals surface area contributed by atoms with Crippen LogP contribution in [-0.2, 0) is 0 Å². The molecule has 6 heteroatoms. The van der Waals surface area contributed by atoms with Gasteiger partial charge in [0.25, 0.3) is 5.69 Å². The molecule has 0 spiro atoms. The largest absolute Gasteiger partial charge is 0.452 e. The summed E-state index contributed by atoms with van der Waals surface area (Å²) < 4.78 is 6.14. The first kappa shape index (κ1) is 14.6. The number of anilines is 1. The second-order valence-electron chi connectivity index (χ2n) is 4.72. The molecule has 1 aromatic heterocycles. The molecule has 1 aromatic carbocycles. The molecule has 2 rings (SSSR count). The first-order chi connectivity index (χ1) is 9.38. The first-order valence-corrected chi connectivity index (χ1v) is 6.95. The molecule has 0 saturated carbocycles. The van der Waals surface area contributed by atoms with Gasteiger partial charge in [-0.2, -0.15) is 0 Å². The number of nitrogens with zero attached hydrogens (tertiary/aromatic N) is 1. The summed E-state index contributed by atoms with van der Waals surface area (Å²) in [6.45, 7) is 5.60. The minimum atomic E-state index is -0.367. The van der Waals surface area contributed by atoms with E-state index in [-0.39, 0.29) is 16.7 Å². The summed E-state index contributed by atoms with van der Waals surface area (Å²) in [5.41, 5.74) is 2.48. The van der Waals surface area contributed by atoms with Crippen LogP contribution in [0.25, 0.3) is 0 Å². The highest BCUT2D eigenvalue weighted by atomic mass is 79.9. The molecule has 1 atom stereocenters. The quantitative estimate of drug-likeness (QED) is 0.645. The maximum atomic E-state index is 11.0. The van der Waals surface area contributed by atoms with Gasteiger partial charge in [-0.1, -0.05) is 0 Å². The van der Waals surface area contributed by atoms with E-state index in [2.05, 4.69) is 21.2 Å². The molecule has 106 valence electrons. The van der Waals surface area contributed by atoms with Gasteiger partial charge < -0.3 is 9.73 Å². The van der Waals surface area contributed by atoms with E-state index in [9.17, 15) is 10.1 Å². The molecule has 0 aliphatic rings. The molecule has 0 aliphatic carbocycles. The van der Waals surface area contributed by atoms with Crippen LogP contribution >= 0.6 is 15.9 Å². The predicted octanol–water partition coefficient (Wildman–Crippen LogP) is 4.74. The van der Waals surface area contributed by atoms with Crippen molar-refractivity contribution in [2.45, 2.75) is 26.8 Å². The average molecular weight is 339 g/mol. The third-order valence-electron chi connectivity index (χ3n) is 3.13. The number of aryl methyl sites for hydroxylation is 2. The van der Waals surface area contributed by atoms with Crippen molar-refractivity contribution in [3.05, 3.63) is 55.9 Å². The van der Waals surface area contributed by atoms with Crippen LogP contribution in [0.2, 0.25) is 0 Å². The van der Waals surface area contributed by atoms with E-state index in [1.54, 1.807) is 13.0 Å². The van der Waals surface area contributed by atoms with Crippen molar-refractivity contribution in [1.29, 1.82) is 0 Å². The molecular formula is C14H15BrN2O3. The van der Waals surface area contributed by atoms with Crippen molar-refractivity contribution in [3.8, 4) is 0 Å². The highest BCUT2D eigenvalue weighted by molar-refractivity contribution is 9.10. The lowest BCUT2D eigenvalue weighted by Crippen LogP contribution is -2.07. The van der Waals surface area contributed by atoms with Crippen molar-refractivity contribution < 1.29 is 9.34 Å². The van der Waals surface area contributed by atoms with E-state index < -0.39 is 0 Å². The van der Waals surface area contributed by atoms with Gasteiger partial charge in [-0.25, -0.2) is 0 Å². The van der Waals surface area contributed by atoms with Crippen LogP contribution < -0.4 is 5.32 Å². The predicted molar refractivity (Wildman–Crippen MR) is 81.0 cm³/mol. The van der Waals surface area contributed by atoms with E-state index in [1.807, 2.05) is 32.0 Å². The summed E-state index contributed by atoms with van der Waals surface area (Å²) in [5, 5.41) is 14.2. The van der Waals surface area contributed by atoms with Crippen LogP contribution in [-0.4, -0.2) is 4.92 Å². The Balaban J connectivity index is 2.29. The lowest BCUT2D eigenvalue weighted by Gasteiger charge is -2.15. The third kappa shape index (κ3) is 3.01. The molecule has 1 N–H and O–H groups in total. The maximum absolute atomic E-state index is 11.0. The molecule has 0 amide bonds. The summed E-state index contributed by atoms with van der Waals surface area (Å²) in [6.07, 6.45) is 0. The Morgan fingerprint density at radius 3 is 2.55 bits per heavy atom. The molecule has 0 bridgehead atoms. The van der Waals surface area contributed by atoms with E-state index >= 15 is 0 Å². The summed E-state index contributed by atoms with van der Waals surface area (Å²) in [7, 11) is 0. The average Bonchev–Trinajstić information content (AvgIpc) is 2.79. The Kier molecular flexibility index (Phi) is 4.13. The summed E-state index contributed by atoms with van der Waals surface area (Å²) in [4.78, 5) is 10.6. The Bertz CT molecular complexity index is 652. The highest BCUT2D eigenvalue weighted by Gasteiger charge is 2.16. The zero-order valence-corrected chi connectivity index (χ0v) is 13.0. The van der Waals surface area contributed by atoms with E-state index in [1.165, 1.54) is 0 Å². The van der Waals surface area contributed by atoms with Gasteiger partial charge in [0, 0.05) is 17.3 Å². The smallest absolute Gasteiger partial charge is 0.274 e. The molecule has 0 aliphatic heterocycles. The number of furan rings is 1. The number of hydrogen-bond acceptors (Lipinski definition) is 4. The maximum Gasteiger partial charge on any atom is 0.274 e. The van der Waals surface area contributed by atoms with Crippen LogP contribution in [0.15, 0.2) is 33.4 Å². The van der Waals surface area contributed by atoms with Gasteiger partial charge in [0.15, 0.2) is 4.67 Å². The fourth-order valence-corrected chi connectivity index (χ4v) is 2.38. The first-order valence-electron chi connectivity index (χ1n) is 6.16. The Morgan fingerprint density at radius 2 is 2.00 bits per heavy atom. The van der Waals surface area contributed by atoms with E-state index in [0.29, 0.717) is 10.2 Å². The van der Waals surface area contributed by atoms with Crippen molar-refractivity contribution in [2.75, 3.05) is 5.32 Å². The topological polar surface area (TPSA) is 68.3 Å². The fourth-order valence-electron chi connectivity index (χ4n) is 2.06. The SMILES string of the molecule is Cc1cc(C)c([N+](=O)[O-])cc1NC(C)c1ccc(Br)o1. The molecule has 20 heavy (non-hydrogen) atoms. The summed E-state index contributed by atoms with van der Waals surface area (Å²) in [5.74, 6) is 0.763. The van der Waals surface area contributed by atoms with Gasteiger partial charge in [-0.3, -0.25) is 10.1 Å². The normalized spacial score (nSPS) is 12.2. The second kappa shape index (κ2) is 5.66. The molecule has 0 saturated heterocycles. The number of nitro groups is 1. The number of nitrogens with one attached hydrogen (secondary N) is 1. The molecule has 1 heterocycles. The van der Waals surface area contributed by atoms with Gasteiger partial charge in [0.05, 0.1) is 11.0 Å². The number of rotatable bonds is 4. The molecule has 2 aromatic rings. The number of benzene rings is 1. The molecule has 1 unspecified atom stereocenters. The lowest BCUT2D eigenvalue weighted by atomic mass is 10.1. The van der Waals surface area contributed by atoms with E-state index in [0.717, 1.165) is 17.0 Å². The molecule has 5 nitrogen and oxygen atoms in total. The monoisotopic (exact) mass is 338 g/mol. The van der Waals surface area contributed by atoms with Crippen molar-refractivity contribution in [3.63, 3.8) is 0 Å². The Labute approximate surface area is 125 Å². The summed E-state index contributed by atoms with van der Waals surface area (Å²) in [6, 6.07) is 6.98. The molecule has 0 radical (unpaired) electrons. The van der Waals surface area contributed by atoms with Crippen LogP contribution in [0, 0.1) is 24.0 Å². The van der Waals surface area contributed by atoms with Crippen LogP contribution in [0.4, 0.5) is 11.4 Å². The highest BCUT2D eigenvalue weighted by Crippen LogP contribution is 2.30. The fraction of sp³-hybridized carbons (Fsp3) is 0.286. The van der Waals surface area contributed by atoms with Gasteiger partial charge >= 0.3 is 0 Å². The zero-order valence-electron chi connectivity index (χ0n) is 11.4. The van der Waals surface area contributed by atoms with Crippen LogP contribution in [0.5, 0.6) is 0 Å². The third-order valence-corrected chi connectivity index (χ3v) is 3.56. The Hall–Kier alpha value is -1.82. The number of hydrogen-bond donors (Lipinski definition) is 1. The van der Waals surface area contributed by atoms with Gasteiger partial charge in [-0.05, 0) is 60.5 Å².